The van der Waals surface area contributed by atoms with Crippen LogP contribution in [0.15, 0.2) is 0 Å². The first-order valence-electron chi connectivity index (χ1n) is 4.03. The summed E-state index contributed by atoms with van der Waals surface area (Å²) in [5.41, 5.74) is 0. The second kappa shape index (κ2) is 4.83. The van der Waals surface area contributed by atoms with Crippen LogP contribution >= 0.6 is 18.9 Å². The molecule has 0 spiro atoms. The molecular weight excluding hydrogens is 194 g/mol. The third-order valence-electron chi connectivity index (χ3n) is 2.43. The molecule has 0 aromatic rings. The maximum absolute atomic E-state index is 5.64. The van der Waals surface area contributed by atoms with Gasteiger partial charge in [0.15, 0.2) is 0 Å². The largest absolute Gasteiger partial charge is 0.370 e. The van der Waals surface area contributed by atoms with Crippen LogP contribution in [0.1, 0.15) is 13.8 Å². The van der Waals surface area contributed by atoms with E-state index < -0.39 is 0 Å². The third-order valence-corrected chi connectivity index (χ3v) is 2.94. The zero-order valence-electron chi connectivity index (χ0n) is 7.40. The molecule has 3 nitrogen and oxygen atoms in total. The second-order valence-corrected chi connectivity index (χ2v) is 3.78. The van der Waals surface area contributed by atoms with Crippen LogP contribution in [0.4, 0.5) is 0 Å². The Hall–Kier alpha value is 0.740. The summed E-state index contributed by atoms with van der Waals surface area (Å²) < 4.78 is 15.9. The summed E-state index contributed by atoms with van der Waals surface area (Å²) in [6, 6.07) is 0. The summed E-state index contributed by atoms with van der Waals surface area (Å²) in [6.45, 7) is 4.75. The highest BCUT2D eigenvalue weighted by Gasteiger charge is 2.39. The van der Waals surface area contributed by atoms with Crippen molar-refractivity contribution in [1.82, 2.24) is 0 Å². The molecule has 1 aliphatic heterocycles. The van der Waals surface area contributed by atoms with E-state index in [1.807, 2.05) is 0 Å². The van der Waals surface area contributed by atoms with E-state index in [-0.39, 0.29) is 18.3 Å². The number of hydrogen-bond donors (Lipinski definition) is 0. The monoisotopic (exact) mass is 210 g/mol. The zero-order valence-corrected chi connectivity index (χ0v) is 9.71. The average molecular weight is 210 g/mol. The minimum absolute atomic E-state index is 0.0602. The standard InChI is InChI=1S/C7H16O3P2/c1-4-5(2)9-6(3-8-11)7(4)10-12/h4-7H,3,11-12H2,1-2H3/t4?,5?,6-,7+/m0/s1. The van der Waals surface area contributed by atoms with E-state index >= 15 is 0 Å². The minimum atomic E-state index is 0.0602. The van der Waals surface area contributed by atoms with Gasteiger partial charge in [-0.15, -0.1) is 0 Å². The topological polar surface area (TPSA) is 27.7 Å². The summed E-state index contributed by atoms with van der Waals surface area (Å²) in [5.74, 6) is 0.424. The smallest absolute Gasteiger partial charge is 0.108 e. The second-order valence-electron chi connectivity index (χ2n) is 3.17. The van der Waals surface area contributed by atoms with Gasteiger partial charge < -0.3 is 13.8 Å². The Bertz CT molecular complexity index is 145. The van der Waals surface area contributed by atoms with E-state index in [4.69, 9.17) is 13.8 Å². The summed E-state index contributed by atoms with van der Waals surface area (Å²) in [5, 5.41) is 0. The Morgan fingerprint density at radius 2 is 2.00 bits per heavy atom. The van der Waals surface area contributed by atoms with Crippen LogP contribution in [0, 0.1) is 5.92 Å². The molecule has 0 bridgehead atoms. The Labute approximate surface area is 78.1 Å². The number of ether oxygens (including phenoxy) is 1. The van der Waals surface area contributed by atoms with E-state index in [0.717, 1.165) is 0 Å². The van der Waals surface area contributed by atoms with Crippen molar-refractivity contribution in [3.8, 4) is 0 Å². The minimum Gasteiger partial charge on any atom is -0.370 e. The highest BCUT2D eigenvalue weighted by Crippen LogP contribution is 2.30. The Kier molecular flexibility index (Phi) is 4.36. The first-order chi connectivity index (χ1) is 5.70. The SMILES string of the molecule is CC1O[C@@H](COP)[C@H](OP)C1C. The van der Waals surface area contributed by atoms with Gasteiger partial charge in [0.1, 0.15) is 6.10 Å². The molecule has 5 heteroatoms. The third kappa shape index (κ3) is 2.16. The molecule has 1 rings (SSSR count). The molecule has 0 radical (unpaired) electrons. The Morgan fingerprint density at radius 3 is 2.50 bits per heavy atom. The molecular formula is C7H16O3P2. The molecule has 72 valence electrons. The van der Waals surface area contributed by atoms with Gasteiger partial charge in [-0.05, 0) is 6.92 Å². The van der Waals surface area contributed by atoms with E-state index in [9.17, 15) is 0 Å². The quantitative estimate of drug-likeness (QED) is 0.659. The van der Waals surface area contributed by atoms with Crippen LogP contribution in [0.25, 0.3) is 0 Å². The van der Waals surface area contributed by atoms with Crippen molar-refractivity contribution in [2.75, 3.05) is 6.61 Å². The molecule has 0 aliphatic carbocycles. The molecule has 0 N–H and O–H groups in total. The van der Waals surface area contributed by atoms with Gasteiger partial charge in [-0.1, -0.05) is 6.92 Å². The molecule has 12 heavy (non-hydrogen) atoms. The van der Waals surface area contributed by atoms with Crippen LogP contribution in [0.2, 0.25) is 0 Å². The van der Waals surface area contributed by atoms with Crippen molar-refractivity contribution in [1.29, 1.82) is 0 Å². The molecule has 1 aliphatic rings. The van der Waals surface area contributed by atoms with Crippen molar-refractivity contribution < 1.29 is 13.8 Å². The Balaban J connectivity index is 2.52. The number of hydrogen-bond acceptors (Lipinski definition) is 3. The van der Waals surface area contributed by atoms with E-state index in [0.29, 0.717) is 12.5 Å². The lowest BCUT2D eigenvalue weighted by atomic mass is 10.00. The van der Waals surface area contributed by atoms with Gasteiger partial charge in [-0.2, -0.15) is 0 Å². The van der Waals surface area contributed by atoms with Crippen LogP contribution in [-0.4, -0.2) is 24.9 Å². The van der Waals surface area contributed by atoms with Gasteiger partial charge in [-0.25, -0.2) is 0 Å². The fraction of sp³-hybridized carbons (Fsp3) is 1.00. The van der Waals surface area contributed by atoms with Crippen LogP contribution in [-0.2, 0) is 13.8 Å². The molecule has 1 saturated heterocycles. The molecule has 6 atom stereocenters. The predicted octanol–water partition coefficient (Wildman–Crippen LogP) is 1.39. The van der Waals surface area contributed by atoms with Gasteiger partial charge in [0.25, 0.3) is 0 Å². The average Bonchev–Trinajstić information content (AvgIpc) is 2.29. The predicted molar refractivity (Wildman–Crippen MR) is 53.7 cm³/mol. The first kappa shape index (κ1) is 10.8. The van der Waals surface area contributed by atoms with Crippen molar-refractivity contribution in [3.05, 3.63) is 0 Å². The first-order valence-corrected chi connectivity index (χ1v) is 4.97. The lowest BCUT2D eigenvalue weighted by Gasteiger charge is -2.17. The van der Waals surface area contributed by atoms with Gasteiger partial charge in [0, 0.05) is 24.9 Å². The highest BCUT2D eigenvalue weighted by molar-refractivity contribution is 7.10. The van der Waals surface area contributed by atoms with E-state index in [2.05, 4.69) is 32.8 Å². The summed E-state index contributed by atoms with van der Waals surface area (Å²) in [7, 11) is 4.52. The van der Waals surface area contributed by atoms with Gasteiger partial charge >= 0.3 is 0 Å². The maximum Gasteiger partial charge on any atom is 0.108 e. The van der Waals surface area contributed by atoms with Crippen LogP contribution in [0.3, 0.4) is 0 Å². The highest BCUT2D eigenvalue weighted by atomic mass is 31.0. The molecule has 1 fully saturated rings. The summed E-state index contributed by atoms with van der Waals surface area (Å²) >= 11 is 0. The fourth-order valence-corrected chi connectivity index (χ4v) is 2.14. The van der Waals surface area contributed by atoms with Crippen molar-refractivity contribution in [3.63, 3.8) is 0 Å². The number of rotatable bonds is 3. The molecule has 0 saturated carbocycles. The molecule has 1 heterocycles. The maximum atomic E-state index is 5.64. The lowest BCUT2D eigenvalue weighted by Crippen LogP contribution is -2.29. The van der Waals surface area contributed by atoms with E-state index in [1.165, 1.54) is 0 Å². The molecule has 4 unspecified atom stereocenters. The summed E-state index contributed by atoms with van der Waals surface area (Å²) in [4.78, 5) is 0. The van der Waals surface area contributed by atoms with Crippen LogP contribution in [0.5, 0.6) is 0 Å². The Morgan fingerprint density at radius 1 is 1.33 bits per heavy atom. The zero-order chi connectivity index (χ0) is 9.14. The molecule has 0 aromatic carbocycles. The fourth-order valence-electron chi connectivity index (χ4n) is 1.52. The normalized spacial score (nSPS) is 42.0. The van der Waals surface area contributed by atoms with Crippen molar-refractivity contribution in [2.45, 2.75) is 32.2 Å². The van der Waals surface area contributed by atoms with Crippen molar-refractivity contribution in [2.24, 2.45) is 5.92 Å². The van der Waals surface area contributed by atoms with Crippen LogP contribution < -0.4 is 0 Å². The van der Waals surface area contributed by atoms with Gasteiger partial charge in [-0.3, -0.25) is 0 Å². The molecule has 0 amide bonds. The molecule has 0 aromatic heterocycles. The van der Waals surface area contributed by atoms with Gasteiger partial charge in [0.05, 0.1) is 18.8 Å². The van der Waals surface area contributed by atoms with Crippen molar-refractivity contribution >= 4 is 18.9 Å². The summed E-state index contributed by atoms with van der Waals surface area (Å²) in [6.07, 6.45) is 0.441. The van der Waals surface area contributed by atoms with Gasteiger partial charge in [0.2, 0.25) is 0 Å². The van der Waals surface area contributed by atoms with E-state index in [1.54, 1.807) is 0 Å². The lowest BCUT2D eigenvalue weighted by molar-refractivity contribution is 0.00285.